The van der Waals surface area contributed by atoms with Crippen LogP contribution >= 0.6 is 0 Å². The molecule has 0 aliphatic heterocycles. The summed E-state index contributed by atoms with van der Waals surface area (Å²) in [6.07, 6.45) is 0. The Morgan fingerprint density at radius 2 is 1.41 bits per heavy atom. The monoisotopic (exact) mass is 545 g/mol. The Labute approximate surface area is 218 Å². The summed E-state index contributed by atoms with van der Waals surface area (Å²) in [6.45, 7) is 7.19. The third-order valence-electron chi connectivity index (χ3n) is 5.65. The fourth-order valence-electron chi connectivity index (χ4n) is 3.35. The van der Waals surface area contributed by atoms with Crippen molar-refractivity contribution in [2.24, 2.45) is 0 Å². The van der Waals surface area contributed by atoms with E-state index in [2.05, 4.69) is 14.8 Å². The first kappa shape index (κ1) is 28.2. The van der Waals surface area contributed by atoms with Crippen molar-refractivity contribution in [1.29, 1.82) is 0 Å². The normalized spacial score (nSPS) is 11.7. The molecule has 0 aliphatic rings. The van der Waals surface area contributed by atoms with Crippen LogP contribution in [-0.2, 0) is 24.8 Å². The Balaban J connectivity index is 1.49. The topological polar surface area (TPSA) is 131 Å². The van der Waals surface area contributed by atoms with Crippen LogP contribution in [0.25, 0.3) is 0 Å². The van der Waals surface area contributed by atoms with Gasteiger partial charge in [-0.25, -0.2) is 21.6 Å². The highest BCUT2D eigenvalue weighted by atomic mass is 32.2. The average Bonchev–Trinajstić information content (AvgIpc) is 2.83. The minimum absolute atomic E-state index is 0.0149. The fourth-order valence-corrected chi connectivity index (χ4v) is 5.52. The zero-order valence-corrected chi connectivity index (χ0v) is 22.8. The summed E-state index contributed by atoms with van der Waals surface area (Å²) in [5.74, 6) is -0.0811. The maximum Gasteiger partial charge on any atom is 0.261 e. The number of anilines is 1. The largest absolute Gasteiger partial charge is 0.484 e. The predicted octanol–water partition coefficient (Wildman–Crippen LogP) is 3.19. The molecular weight excluding hydrogens is 514 g/mol. The van der Waals surface area contributed by atoms with Crippen LogP contribution in [0.1, 0.15) is 22.3 Å². The SMILES string of the molecule is Cc1ccc(S(=O)(=O)NCCNC(=O)COc2ccc(S(=O)(=O)Nc3ccc(C)c(C)c3)cc2C)cc1. The van der Waals surface area contributed by atoms with Gasteiger partial charge in [0.25, 0.3) is 15.9 Å². The van der Waals surface area contributed by atoms with Crippen molar-refractivity contribution in [2.45, 2.75) is 37.5 Å². The van der Waals surface area contributed by atoms with Crippen LogP contribution in [0.5, 0.6) is 5.75 Å². The molecule has 11 heteroatoms. The van der Waals surface area contributed by atoms with E-state index in [1.807, 2.05) is 26.8 Å². The number of hydrogen-bond donors (Lipinski definition) is 3. The number of rotatable bonds is 11. The molecule has 0 spiro atoms. The van der Waals surface area contributed by atoms with E-state index in [0.717, 1.165) is 16.7 Å². The van der Waals surface area contributed by atoms with Gasteiger partial charge in [-0.1, -0.05) is 23.8 Å². The highest BCUT2D eigenvalue weighted by Gasteiger charge is 2.17. The number of hydrogen-bond acceptors (Lipinski definition) is 6. The average molecular weight is 546 g/mol. The third kappa shape index (κ3) is 7.78. The number of aryl methyl sites for hydroxylation is 4. The maximum absolute atomic E-state index is 12.8. The number of ether oxygens (including phenoxy) is 1. The lowest BCUT2D eigenvalue weighted by Crippen LogP contribution is -2.36. The maximum atomic E-state index is 12.8. The summed E-state index contributed by atoms with van der Waals surface area (Å²) in [5, 5.41) is 2.58. The Hall–Kier alpha value is -3.41. The predicted molar refractivity (Wildman–Crippen MR) is 143 cm³/mol. The second-order valence-corrected chi connectivity index (χ2v) is 12.1. The van der Waals surface area contributed by atoms with E-state index in [4.69, 9.17) is 4.74 Å². The Kier molecular flexibility index (Phi) is 8.95. The molecule has 0 aromatic heterocycles. The zero-order valence-electron chi connectivity index (χ0n) is 21.2. The van der Waals surface area contributed by atoms with Crippen LogP contribution in [0.15, 0.2) is 70.5 Å². The van der Waals surface area contributed by atoms with E-state index >= 15 is 0 Å². The molecule has 0 atom stereocenters. The van der Waals surface area contributed by atoms with Gasteiger partial charge in [-0.2, -0.15) is 0 Å². The third-order valence-corrected chi connectivity index (χ3v) is 8.50. The summed E-state index contributed by atoms with van der Waals surface area (Å²) < 4.78 is 60.6. The molecule has 0 fully saturated rings. The standard InChI is InChI=1S/C26H31N3O6S2/c1-18-5-9-23(10-6-18)36(31,32)28-14-13-27-26(30)17-35-25-12-11-24(16-21(25)4)37(33,34)29-22-8-7-19(2)20(3)15-22/h5-12,15-16,28-29H,13-14,17H2,1-4H3,(H,27,30). The summed E-state index contributed by atoms with van der Waals surface area (Å²) in [5.41, 5.74) is 4.00. The van der Waals surface area contributed by atoms with Gasteiger partial charge in [0, 0.05) is 18.8 Å². The zero-order chi connectivity index (χ0) is 27.2. The Morgan fingerprint density at radius 1 is 0.730 bits per heavy atom. The lowest BCUT2D eigenvalue weighted by molar-refractivity contribution is -0.123. The van der Waals surface area contributed by atoms with Crippen molar-refractivity contribution in [2.75, 3.05) is 24.4 Å². The van der Waals surface area contributed by atoms with E-state index in [9.17, 15) is 21.6 Å². The molecule has 0 saturated heterocycles. The van der Waals surface area contributed by atoms with Gasteiger partial charge < -0.3 is 10.1 Å². The van der Waals surface area contributed by atoms with Gasteiger partial charge in [-0.05, 0) is 86.8 Å². The molecular formula is C26H31N3O6S2. The lowest BCUT2D eigenvalue weighted by Gasteiger charge is -2.13. The van der Waals surface area contributed by atoms with E-state index in [0.29, 0.717) is 17.0 Å². The summed E-state index contributed by atoms with van der Waals surface area (Å²) >= 11 is 0. The van der Waals surface area contributed by atoms with Gasteiger partial charge in [0.05, 0.1) is 9.79 Å². The minimum atomic E-state index is -3.80. The van der Waals surface area contributed by atoms with Gasteiger partial charge in [0.1, 0.15) is 5.75 Å². The molecule has 3 aromatic carbocycles. The molecule has 0 heterocycles. The van der Waals surface area contributed by atoms with Crippen LogP contribution in [0.4, 0.5) is 5.69 Å². The van der Waals surface area contributed by atoms with Crippen molar-refractivity contribution in [1.82, 2.24) is 10.0 Å². The molecule has 0 bridgehead atoms. The van der Waals surface area contributed by atoms with E-state index in [1.165, 1.54) is 30.3 Å². The highest BCUT2D eigenvalue weighted by Crippen LogP contribution is 2.24. The van der Waals surface area contributed by atoms with Crippen molar-refractivity contribution in [3.8, 4) is 5.75 Å². The van der Waals surface area contributed by atoms with Crippen molar-refractivity contribution in [3.05, 3.63) is 82.9 Å². The Morgan fingerprint density at radius 3 is 2.05 bits per heavy atom. The fraction of sp³-hybridized carbons (Fsp3) is 0.269. The Bertz CT molecular complexity index is 1490. The number of benzene rings is 3. The van der Waals surface area contributed by atoms with Crippen molar-refractivity contribution < 1.29 is 26.4 Å². The van der Waals surface area contributed by atoms with Gasteiger partial charge in [0.2, 0.25) is 10.0 Å². The first-order valence-electron chi connectivity index (χ1n) is 11.5. The number of nitrogens with one attached hydrogen (secondary N) is 3. The molecule has 1 amide bonds. The molecule has 0 unspecified atom stereocenters. The first-order chi connectivity index (χ1) is 17.4. The number of carbonyl (C=O) groups is 1. The van der Waals surface area contributed by atoms with Gasteiger partial charge in [-0.15, -0.1) is 0 Å². The second kappa shape index (κ2) is 11.8. The van der Waals surface area contributed by atoms with E-state index in [-0.39, 0.29) is 29.5 Å². The summed E-state index contributed by atoms with van der Waals surface area (Å²) in [4.78, 5) is 12.3. The van der Waals surface area contributed by atoms with E-state index < -0.39 is 26.0 Å². The molecule has 0 radical (unpaired) electrons. The molecule has 0 aliphatic carbocycles. The van der Waals surface area contributed by atoms with Crippen molar-refractivity contribution in [3.63, 3.8) is 0 Å². The van der Waals surface area contributed by atoms with Crippen LogP contribution in [0.3, 0.4) is 0 Å². The molecule has 3 N–H and O–H groups in total. The van der Waals surface area contributed by atoms with Crippen LogP contribution in [0.2, 0.25) is 0 Å². The van der Waals surface area contributed by atoms with Crippen LogP contribution in [0, 0.1) is 27.7 Å². The van der Waals surface area contributed by atoms with Crippen LogP contribution in [-0.4, -0.2) is 42.4 Å². The number of amides is 1. The number of carbonyl (C=O) groups excluding carboxylic acids is 1. The molecule has 3 aromatic rings. The van der Waals surface area contributed by atoms with Gasteiger partial charge in [0.15, 0.2) is 6.61 Å². The highest BCUT2D eigenvalue weighted by molar-refractivity contribution is 7.92. The molecule has 3 rings (SSSR count). The molecule has 37 heavy (non-hydrogen) atoms. The van der Waals surface area contributed by atoms with Crippen molar-refractivity contribution >= 4 is 31.6 Å². The summed E-state index contributed by atoms with van der Waals surface area (Å²) in [6, 6.07) is 16.1. The minimum Gasteiger partial charge on any atom is -0.484 e. The van der Waals surface area contributed by atoms with Gasteiger partial charge in [-0.3, -0.25) is 9.52 Å². The lowest BCUT2D eigenvalue weighted by atomic mass is 10.1. The van der Waals surface area contributed by atoms with Crippen LogP contribution < -0.4 is 19.5 Å². The summed E-state index contributed by atoms with van der Waals surface area (Å²) in [7, 11) is -7.47. The first-order valence-corrected chi connectivity index (χ1v) is 14.5. The quantitative estimate of drug-likeness (QED) is 0.317. The van der Waals surface area contributed by atoms with Gasteiger partial charge >= 0.3 is 0 Å². The molecule has 198 valence electrons. The molecule has 9 nitrogen and oxygen atoms in total. The smallest absolute Gasteiger partial charge is 0.261 e. The number of sulfonamides is 2. The van der Waals surface area contributed by atoms with E-state index in [1.54, 1.807) is 31.2 Å². The molecule has 0 saturated carbocycles. The second-order valence-electron chi connectivity index (χ2n) is 8.68.